The van der Waals surface area contributed by atoms with E-state index >= 15 is 0 Å². The normalized spacial score (nSPS) is 10.8. The predicted molar refractivity (Wildman–Crippen MR) is 84.6 cm³/mol. The van der Waals surface area contributed by atoms with Crippen LogP contribution in [0.25, 0.3) is 0 Å². The lowest BCUT2D eigenvalue weighted by molar-refractivity contribution is 0.256. The van der Waals surface area contributed by atoms with Crippen LogP contribution >= 0.6 is 0 Å². The molecule has 114 valence electrons. The maximum absolute atomic E-state index is 5.38. The Bertz CT molecular complexity index is 371. The van der Waals surface area contributed by atoms with Crippen LogP contribution in [0.15, 0.2) is 18.2 Å². The molecular formula is C17H29NO2. The minimum atomic E-state index is 0.796. The van der Waals surface area contributed by atoms with Crippen LogP contribution in [-0.2, 0) is 6.54 Å². The second-order valence-electron chi connectivity index (χ2n) is 5.17. The average molecular weight is 279 g/mol. The first-order chi connectivity index (χ1) is 9.74. The summed E-state index contributed by atoms with van der Waals surface area (Å²) in [5.41, 5.74) is 1.29. The number of rotatable bonds is 10. The highest BCUT2D eigenvalue weighted by atomic mass is 16.5. The molecule has 0 amide bonds. The topological polar surface area (TPSA) is 21.7 Å². The highest BCUT2D eigenvalue weighted by Gasteiger charge is 2.08. The molecule has 1 rings (SSSR count). The van der Waals surface area contributed by atoms with Crippen LogP contribution < -0.4 is 9.47 Å². The zero-order valence-electron chi connectivity index (χ0n) is 13.4. The third kappa shape index (κ3) is 5.41. The van der Waals surface area contributed by atoms with E-state index in [0.717, 1.165) is 18.0 Å². The van der Waals surface area contributed by atoms with Crippen molar-refractivity contribution in [1.29, 1.82) is 0 Å². The van der Waals surface area contributed by atoms with Crippen LogP contribution in [0.5, 0.6) is 11.5 Å². The molecule has 0 aliphatic heterocycles. The van der Waals surface area contributed by atoms with Gasteiger partial charge in [-0.2, -0.15) is 0 Å². The van der Waals surface area contributed by atoms with E-state index < -0.39 is 0 Å². The summed E-state index contributed by atoms with van der Waals surface area (Å²) in [5, 5.41) is 0. The fourth-order valence-electron chi connectivity index (χ4n) is 2.27. The van der Waals surface area contributed by atoms with Crippen molar-refractivity contribution in [1.82, 2.24) is 4.90 Å². The molecule has 3 heteroatoms. The van der Waals surface area contributed by atoms with Crippen LogP contribution in [0.4, 0.5) is 0 Å². The second-order valence-corrected chi connectivity index (χ2v) is 5.17. The fourth-order valence-corrected chi connectivity index (χ4v) is 2.27. The van der Waals surface area contributed by atoms with Crippen molar-refractivity contribution in [2.75, 3.05) is 27.3 Å². The lowest BCUT2D eigenvalue weighted by atomic mass is 10.1. The minimum Gasteiger partial charge on any atom is -0.493 e. The van der Waals surface area contributed by atoms with Gasteiger partial charge in [-0.1, -0.05) is 32.8 Å². The SMILES string of the molecule is CCCCN(CCCC)Cc1ccc(OC)c(OC)c1. The predicted octanol–water partition coefficient (Wildman–Crippen LogP) is 4.11. The largest absolute Gasteiger partial charge is 0.493 e. The summed E-state index contributed by atoms with van der Waals surface area (Å²) in [6, 6.07) is 6.21. The zero-order chi connectivity index (χ0) is 14.8. The molecule has 0 aliphatic carbocycles. The van der Waals surface area contributed by atoms with Gasteiger partial charge in [0.1, 0.15) is 0 Å². The highest BCUT2D eigenvalue weighted by molar-refractivity contribution is 5.42. The monoisotopic (exact) mass is 279 g/mol. The molecular weight excluding hydrogens is 250 g/mol. The van der Waals surface area contributed by atoms with Gasteiger partial charge in [-0.15, -0.1) is 0 Å². The Hall–Kier alpha value is -1.22. The third-order valence-electron chi connectivity index (χ3n) is 3.51. The van der Waals surface area contributed by atoms with Crippen LogP contribution in [0.1, 0.15) is 45.1 Å². The van der Waals surface area contributed by atoms with Gasteiger partial charge in [0.15, 0.2) is 11.5 Å². The molecule has 3 nitrogen and oxygen atoms in total. The Morgan fingerprint density at radius 1 is 0.900 bits per heavy atom. The van der Waals surface area contributed by atoms with Gasteiger partial charge in [0, 0.05) is 6.54 Å². The quantitative estimate of drug-likeness (QED) is 0.643. The molecule has 0 saturated carbocycles. The van der Waals surface area contributed by atoms with Gasteiger partial charge in [0.25, 0.3) is 0 Å². The molecule has 0 unspecified atom stereocenters. The molecule has 0 atom stereocenters. The molecule has 0 heterocycles. The molecule has 0 radical (unpaired) electrons. The number of methoxy groups -OCH3 is 2. The van der Waals surface area contributed by atoms with E-state index in [1.165, 1.54) is 44.3 Å². The molecule has 0 aliphatic rings. The summed E-state index contributed by atoms with van der Waals surface area (Å²) in [5.74, 6) is 1.61. The summed E-state index contributed by atoms with van der Waals surface area (Å²) < 4.78 is 10.7. The Morgan fingerprint density at radius 2 is 1.50 bits per heavy atom. The van der Waals surface area contributed by atoms with E-state index in [4.69, 9.17) is 9.47 Å². The van der Waals surface area contributed by atoms with Gasteiger partial charge >= 0.3 is 0 Å². The molecule has 20 heavy (non-hydrogen) atoms. The van der Waals surface area contributed by atoms with Crippen molar-refractivity contribution in [2.24, 2.45) is 0 Å². The summed E-state index contributed by atoms with van der Waals surface area (Å²) in [6.45, 7) is 7.82. The Morgan fingerprint density at radius 3 is 2.00 bits per heavy atom. The first-order valence-corrected chi connectivity index (χ1v) is 7.68. The van der Waals surface area contributed by atoms with E-state index in [1.54, 1.807) is 14.2 Å². The summed E-state index contributed by atoms with van der Waals surface area (Å²) in [7, 11) is 3.36. The van der Waals surface area contributed by atoms with Gasteiger partial charge in [0.2, 0.25) is 0 Å². The lowest BCUT2D eigenvalue weighted by Crippen LogP contribution is -2.25. The van der Waals surface area contributed by atoms with Crippen LogP contribution in [0, 0.1) is 0 Å². The van der Waals surface area contributed by atoms with Gasteiger partial charge in [0.05, 0.1) is 14.2 Å². The summed E-state index contributed by atoms with van der Waals surface area (Å²) in [4.78, 5) is 2.54. The Kier molecular flexibility index (Phi) is 8.12. The number of hydrogen-bond acceptors (Lipinski definition) is 3. The summed E-state index contributed by atoms with van der Waals surface area (Å²) >= 11 is 0. The van der Waals surface area contributed by atoms with Crippen molar-refractivity contribution in [3.63, 3.8) is 0 Å². The average Bonchev–Trinajstić information content (AvgIpc) is 2.49. The molecule has 1 aromatic carbocycles. The van der Waals surface area contributed by atoms with Crippen LogP contribution in [-0.4, -0.2) is 32.2 Å². The molecule has 0 spiro atoms. The van der Waals surface area contributed by atoms with E-state index in [0.29, 0.717) is 0 Å². The molecule has 0 N–H and O–H groups in total. The first-order valence-electron chi connectivity index (χ1n) is 7.68. The molecule has 0 saturated heterocycles. The highest BCUT2D eigenvalue weighted by Crippen LogP contribution is 2.28. The Labute approximate surface area is 123 Å². The maximum Gasteiger partial charge on any atom is 0.161 e. The Balaban J connectivity index is 2.70. The van der Waals surface area contributed by atoms with Crippen molar-refractivity contribution in [3.05, 3.63) is 23.8 Å². The molecule has 0 bridgehead atoms. The van der Waals surface area contributed by atoms with Crippen LogP contribution in [0.2, 0.25) is 0 Å². The van der Waals surface area contributed by atoms with Crippen molar-refractivity contribution < 1.29 is 9.47 Å². The van der Waals surface area contributed by atoms with E-state index in [1.807, 2.05) is 6.07 Å². The maximum atomic E-state index is 5.38. The zero-order valence-corrected chi connectivity index (χ0v) is 13.4. The number of unbranched alkanes of at least 4 members (excludes halogenated alkanes) is 2. The third-order valence-corrected chi connectivity index (χ3v) is 3.51. The van der Waals surface area contributed by atoms with Gasteiger partial charge in [-0.3, -0.25) is 4.90 Å². The van der Waals surface area contributed by atoms with Gasteiger partial charge in [-0.25, -0.2) is 0 Å². The number of hydrogen-bond donors (Lipinski definition) is 0. The molecule has 0 fully saturated rings. The van der Waals surface area contributed by atoms with E-state index in [-0.39, 0.29) is 0 Å². The van der Waals surface area contributed by atoms with Gasteiger partial charge in [-0.05, 0) is 43.6 Å². The van der Waals surface area contributed by atoms with E-state index in [2.05, 4.69) is 30.9 Å². The fraction of sp³-hybridized carbons (Fsp3) is 0.647. The summed E-state index contributed by atoms with van der Waals surface area (Å²) in [6.07, 6.45) is 5.01. The molecule has 1 aromatic rings. The minimum absolute atomic E-state index is 0.796. The number of benzene rings is 1. The second kappa shape index (κ2) is 9.65. The lowest BCUT2D eigenvalue weighted by Gasteiger charge is -2.22. The number of nitrogens with zero attached hydrogens (tertiary/aromatic N) is 1. The van der Waals surface area contributed by atoms with Crippen LogP contribution in [0.3, 0.4) is 0 Å². The van der Waals surface area contributed by atoms with Gasteiger partial charge < -0.3 is 9.47 Å². The van der Waals surface area contributed by atoms with Crippen molar-refractivity contribution in [2.45, 2.75) is 46.1 Å². The van der Waals surface area contributed by atoms with Crippen molar-refractivity contribution in [3.8, 4) is 11.5 Å². The van der Waals surface area contributed by atoms with Crippen molar-refractivity contribution >= 4 is 0 Å². The number of ether oxygens (including phenoxy) is 2. The standard InChI is InChI=1S/C17H29NO2/c1-5-7-11-18(12-8-6-2)14-15-9-10-16(19-3)17(13-15)20-4/h9-10,13H,5-8,11-12,14H2,1-4H3. The smallest absolute Gasteiger partial charge is 0.161 e. The molecule has 0 aromatic heterocycles. The van der Waals surface area contributed by atoms with E-state index in [9.17, 15) is 0 Å². The first kappa shape index (κ1) is 16.8.